The first-order valence-corrected chi connectivity index (χ1v) is 10.6. The lowest BCUT2D eigenvalue weighted by Crippen LogP contribution is -2.49. The molecular formula is C23H19N3O2S. The first kappa shape index (κ1) is 17.9. The van der Waals surface area contributed by atoms with E-state index in [2.05, 4.69) is 6.07 Å². The Balaban J connectivity index is 1.58. The molecule has 0 spiro atoms. The van der Waals surface area contributed by atoms with Gasteiger partial charge in [0, 0.05) is 42.9 Å². The van der Waals surface area contributed by atoms with Crippen LogP contribution in [-0.2, 0) is 6.54 Å². The van der Waals surface area contributed by atoms with Crippen LogP contribution in [0.25, 0.3) is 11.1 Å². The van der Waals surface area contributed by atoms with Gasteiger partial charge in [0.2, 0.25) is 0 Å². The topological polar surface area (TPSA) is 66.1 Å². The summed E-state index contributed by atoms with van der Waals surface area (Å²) in [5.41, 5.74) is 3.52. The molecule has 2 atom stereocenters. The van der Waals surface area contributed by atoms with Gasteiger partial charge >= 0.3 is 0 Å². The second kappa shape index (κ2) is 7.02. The molecule has 2 aliphatic rings. The number of aromatic nitrogens is 1. The molecule has 0 aliphatic carbocycles. The van der Waals surface area contributed by atoms with Crippen LogP contribution in [0.3, 0.4) is 0 Å². The molecule has 2 aliphatic heterocycles. The van der Waals surface area contributed by atoms with E-state index in [1.165, 1.54) is 11.3 Å². The van der Waals surface area contributed by atoms with Crippen LogP contribution in [0.15, 0.2) is 58.7 Å². The van der Waals surface area contributed by atoms with E-state index in [1.54, 1.807) is 12.1 Å². The third-order valence-corrected chi connectivity index (χ3v) is 6.77. The maximum absolute atomic E-state index is 12.9. The molecule has 3 aromatic rings. The van der Waals surface area contributed by atoms with Crippen molar-refractivity contribution in [2.75, 3.05) is 13.1 Å². The number of fused-ring (bicyclic) bond motifs is 4. The second-order valence-electron chi connectivity index (χ2n) is 7.76. The van der Waals surface area contributed by atoms with E-state index < -0.39 is 0 Å². The van der Waals surface area contributed by atoms with E-state index >= 15 is 0 Å². The molecule has 5 rings (SSSR count). The molecule has 1 amide bonds. The molecule has 2 aromatic heterocycles. The smallest absolute Gasteiger partial charge is 0.263 e. The van der Waals surface area contributed by atoms with Gasteiger partial charge in [-0.25, -0.2) is 0 Å². The average Bonchev–Trinajstić information content (AvgIpc) is 3.29. The molecular weight excluding hydrogens is 382 g/mol. The molecule has 0 saturated carbocycles. The summed E-state index contributed by atoms with van der Waals surface area (Å²) >= 11 is 1.47. The van der Waals surface area contributed by atoms with Gasteiger partial charge in [0.05, 0.1) is 16.5 Å². The number of carbonyl (C=O) groups excluding carboxylic acids is 1. The minimum absolute atomic E-state index is 0.00733. The Morgan fingerprint density at radius 1 is 1.10 bits per heavy atom. The Bertz CT molecular complexity index is 1190. The number of hydrogen-bond acceptors (Lipinski definition) is 4. The number of rotatable bonds is 2. The third-order valence-electron chi connectivity index (χ3n) is 5.91. The number of likely N-dealkylation sites (tertiary alicyclic amines) is 1. The Morgan fingerprint density at radius 3 is 2.79 bits per heavy atom. The summed E-state index contributed by atoms with van der Waals surface area (Å²) in [6, 6.07) is 16.9. The fourth-order valence-electron chi connectivity index (χ4n) is 4.74. The standard InChI is InChI=1S/C23H19N3O2S/c24-11-15-3-1-4-17(9-15)19-6-7-21(27)26-13-16-10-18(22(19)26)14-25(12-16)23(28)20-5-2-8-29-20/h1-9,16,18H,10,12-14H2/t16-,18-/m0/s1. The Kier molecular flexibility index (Phi) is 4.33. The second-order valence-corrected chi connectivity index (χ2v) is 8.71. The van der Waals surface area contributed by atoms with Crippen LogP contribution in [0.2, 0.25) is 0 Å². The zero-order valence-corrected chi connectivity index (χ0v) is 16.6. The summed E-state index contributed by atoms with van der Waals surface area (Å²) in [6.45, 7) is 1.93. The Hall–Kier alpha value is -3.17. The van der Waals surface area contributed by atoms with Crippen LogP contribution in [0, 0.1) is 17.2 Å². The van der Waals surface area contributed by atoms with E-state index in [0.29, 0.717) is 25.2 Å². The molecule has 0 radical (unpaired) electrons. The normalized spacial score (nSPS) is 20.0. The van der Waals surface area contributed by atoms with Gasteiger partial charge in [0.1, 0.15) is 0 Å². The first-order chi connectivity index (χ1) is 14.1. The highest BCUT2D eigenvalue weighted by molar-refractivity contribution is 7.12. The van der Waals surface area contributed by atoms with Crippen molar-refractivity contribution in [1.29, 1.82) is 5.26 Å². The zero-order valence-electron chi connectivity index (χ0n) is 15.7. The minimum Gasteiger partial charge on any atom is -0.337 e. The molecule has 1 fully saturated rings. The van der Waals surface area contributed by atoms with Crippen LogP contribution in [0.1, 0.15) is 33.3 Å². The van der Waals surface area contributed by atoms with Crippen LogP contribution in [0.5, 0.6) is 0 Å². The molecule has 0 N–H and O–H groups in total. The SMILES string of the molecule is N#Cc1cccc(-c2ccc(=O)n3c2[C@H]2C[C@@H](CN(C(=O)c4cccs4)C2)C3)c1. The van der Waals surface area contributed by atoms with Crippen molar-refractivity contribution in [3.63, 3.8) is 0 Å². The van der Waals surface area contributed by atoms with Crippen molar-refractivity contribution in [3.05, 3.63) is 80.4 Å². The number of pyridine rings is 1. The number of hydrogen-bond donors (Lipinski definition) is 0. The molecule has 2 bridgehead atoms. The highest BCUT2D eigenvalue weighted by Crippen LogP contribution is 2.40. The average molecular weight is 401 g/mol. The summed E-state index contributed by atoms with van der Waals surface area (Å²) in [5.74, 6) is 0.471. The largest absolute Gasteiger partial charge is 0.337 e. The fourth-order valence-corrected chi connectivity index (χ4v) is 5.43. The summed E-state index contributed by atoms with van der Waals surface area (Å²) in [4.78, 5) is 28.3. The van der Waals surface area contributed by atoms with Crippen LogP contribution in [-0.4, -0.2) is 28.5 Å². The van der Waals surface area contributed by atoms with E-state index in [4.69, 9.17) is 0 Å². The number of amides is 1. The molecule has 1 saturated heterocycles. The van der Waals surface area contributed by atoms with Gasteiger partial charge in [-0.05, 0) is 47.5 Å². The van der Waals surface area contributed by atoms with E-state index in [1.807, 2.05) is 51.2 Å². The lowest BCUT2D eigenvalue weighted by Gasteiger charge is -2.43. The number of benzene rings is 1. The lowest BCUT2D eigenvalue weighted by atomic mass is 9.80. The van der Waals surface area contributed by atoms with Crippen molar-refractivity contribution in [3.8, 4) is 17.2 Å². The highest BCUT2D eigenvalue weighted by atomic mass is 32.1. The first-order valence-electron chi connectivity index (χ1n) is 9.71. The zero-order chi connectivity index (χ0) is 20.0. The molecule has 1 aromatic carbocycles. The van der Waals surface area contributed by atoms with Crippen molar-refractivity contribution < 1.29 is 4.79 Å². The minimum atomic E-state index is 0.00733. The van der Waals surface area contributed by atoms with E-state index in [-0.39, 0.29) is 23.3 Å². The van der Waals surface area contributed by atoms with Gasteiger partial charge in [0.15, 0.2) is 0 Å². The summed E-state index contributed by atoms with van der Waals surface area (Å²) in [5, 5.41) is 11.2. The van der Waals surface area contributed by atoms with Crippen molar-refractivity contribution in [2.24, 2.45) is 5.92 Å². The van der Waals surface area contributed by atoms with Gasteiger partial charge in [-0.3, -0.25) is 9.59 Å². The number of thiophene rings is 1. The molecule has 0 unspecified atom stereocenters. The number of piperidine rings is 1. The maximum Gasteiger partial charge on any atom is 0.263 e. The fraction of sp³-hybridized carbons (Fsp3) is 0.261. The Labute approximate surface area is 172 Å². The monoisotopic (exact) mass is 401 g/mol. The van der Waals surface area contributed by atoms with Gasteiger partial charge in [-0.2, -0.15) is 5.26 Å². The maximum atomic E-state index is 12.9. The predicted octanol–water partition coefficient (Wildman–Crippen LogP) is 3.71. The van der Waals surface area contributed by atoms with Crippen molar-refractivity contribution >= 4 is 17.2 Å². The molecule has 144 valence electrons. The van der Waals surface area contributed by atoms with Gasteiger partial charge in [-0.1, -0.05) is 18.2 Å². The third kappa shape index (κ3) is 3.08. The molecule has 5 nitrogen and oxygen atoms in total. The van der Waals surface area contributed by atoms with E-state index in [9.17, 15) is 14.9 Å². The van der Waals surface area contributed by atoms with Gasteiger partial charge in [0.25, 0.3) is 11.5 Å². The van der Waals surface area contributed by atoms with Crippen molar-refractivity contribution in [1.82, 2.24) is 9.47 Å². The van der Waals surface area contributed by atoms with Crippen LogP contribution >= 0.6 is 11.3 Å². The van der Waals surface area contributed by atoms with Crippen LogP contribution < -0.4 is 5.56 Å². The molecule has 6 heteroatoms. The summed E-state index contributed by atoms with van der Waals surface area (Å²) in [6.07, 6.45) is 0.975. The summed E-state index contributed by atoms with van der Waals surface area (Å²) in [7, 11) is 0. The van der Waals surface area contributed by atoms with Crippen LogP contribution in [0.4, 0.5) is 0 Å². The molecule has 4 heterocycles. The number of nitrogens with zero attached hydrogens (tertiary/aromatic N) is 3. The van der Waals surface area contributed by atoms with Gasteiger partial charge < -0.3 is 9.47 Å². The quantitative estimate of drug-likeness (QED) is 0.658. The van der Waals surface area contributed by atoms with E-state index in [0.717, 1.165) is 28.1 Å². The van der Waals surface area contributed by atoms with Crippen molar-refractivity contribution in [2.45, 2.75) is 18.9 Å². The predicted molar refractivity (Wildman–Crippen MR) is 112 cm³/mol. The molecule has 29 heavy (non-hydrogen) atoms. The Morgan fingerprint density at radius 2 is 2.00 bits per heavy atom. The highest BCUT2D eigenvalue weighted by Gasteiger charge is 2.38. The van der Waals surface area contributed by atoms with Gasteiger partial charge in [-0.15, -0.1) is 11.3 Å². The summed E-state index contributed by atoms with van der Waals surface area (Å²) < 4.78 is 1.89. The number of carbonyl (C=O) groups is 1. The number of nitriles is 1. The lowest BCUT2D eigenvalue weighted by molar-refractivity contribution is 0.0600.